The fourth-order valence-electron chi connectivity index (χ4n) is 7.43. The van der Waals surface area contributed by atoms with Crippen LogP contribution in [0.4, 0.5) is 28.4 Å². The summed E-state index contributed by atoms with van der Waals surface area (Å²) >= 11 is 0. The summed E-state index contributed by atoms with van der Waals surface area (Å²) in [5, 5.41) is 0. The van der Waals surface area contributed by atoms with Crippen molar-refractivity contribution in [2.45, 2.75) is 89.5 Å². The van der Waals surface area contributed by atoms with Crippen LogP contribution in [-0.2, 0) is 30.9 Å². The Morgan fingerprint density at radius 2 is 1.59 bits per heavy atom. The van der Waals surface area contributed by atoms with E-state index in [0.717, 1.165) is 11.3 Å². The minimum absolute atomic E-state index is 0. The minimum atomic E-state index is 0. The third-order valence-electron chi connectivity index (χ3n) is 10.2. The van der Waals surface area contributed by atoms with Gasteiger partial charge in [-0.2, -0.15) is 18.3 Å². The van der Waals surface area contributed by atoms with E-state index < -0.39 is 0 Å². The number of hydrogen-bond acceptors (Lipinski definition) is 4. The van der Waals surface area contributed by atoms with E-state index in [4.69, 9.17) is 0 Å². The molecule has 1 fully saturated rings. The summed E-state index contributed by atoms with van der Waals surface area (Å²) in [6.45, 7) is 12.0. The predicted molar refractivity (Wildman–Crippen MR) is 179 cm³/mol. The van der Waals surface area contributed by atoms with Crippen molar-refractivity contribution in [2.75, 3.05) is 21.7 Å². The van der Waals surface area contributed by atoms with Gasteiger partial charge in [0, 0.05) is 17.9 Å². The first-order valence-electron chi connectivity index (χ1n) is 16.0. The zero-order chi connectivity index (χ0) is 29.8. The zero-order valence-corrected chi connectivity index (χ0v) is 29.0. The van der Waals surface area contributed by atoms with Gasteiger partial charge in [0.15, 0.2) is 0 Å². The Hall–Kier alpha value is -3.14. The van der Waals surface area contributed by atoms with Crippen LogP contribution < -0.4 is 14.7 Å². The van der Waals surface area contributed by atoms with E-state index in [1.807, 2.05) is 42.5 Å². The largest absolute Gasteiger partial charge is 3.00 e. The molecule has 1 saturated carbocycles. The van der Waals surface area contributed by atoms with Crippen molar-refractivity contribution in [3.63, 3.8) is 0 Å². The van der Waals surface area contributed by atoms with Crippen LogP contribution in [0, 0.1) is 18.8 Å². The van der Waals surface area contributed by atoms with Crippen molar-refractivity contribution in [1.82, 2.24) is 4.98 Å². The van der Waals surface area contributed by atoms with Gasteiger partial charge in [-0.05, 0) is 61.3 Å². The molecule has 3 heterocycles. The molecule has 44 heavy (non-hydrogen) atoms. The van der Waals surface area contributed by atoms with E-state index in [9.17, 15) is 0 Å². The first kappa shape index (κ1) is 30.9. The number of fused-ring (bicyclic) bond motifs is 3. The second-order valence-corrected chi connectivity index (χ2v) is 13.9. The molecule has 0 N–H and O–H groups in total. The summed E-state index contributed by atoms with van der Waals surface area (Å²) in [4.78, 5) is 11.6. The number of rotatable bonds is 2. The maximum atomic E-state index is 4.22. The van der Waals surface area contributed by atoms with Crippen LogP contribution in [0.2, 0.25) is 0 Å². The summed E-state index contributed by atoms with van der Waals surface area (Å²) in [5.41, 5.74) is 11.8. The third kappa shape index (κ3) is 5.37. The monoisotopic (exact) mass is 760 g/mol. The fourth-order valence-corrected chi connectivity index (χ4v) is 7.43. The molecule has 0 amide bonds. The predicted octanol–water partition coefficient (Wildman–Crippen LogP) is 9.87. The average molecular weight is 760 g/mol. The Kier molecular flexibility index (Phi) is 8.41. The van der Waals surface area contributed by atoms with Crippen molar-refractivity contribution in [1.29, 1.82) is 0 Å². The summed E-state index contributed by atoms with van der Waals surface area (Å²) in [6, 6.07) is 30.7. The Labute approximate surface area is 277 Å². The third-order valence-corrected chi connectivity index (χ3v) is 10.2. The number of aromatic nitrogens is 1. The van der Waals surface area contributed by atoms with Gasteiger partial charge in [-0.15, -0.1) is 47.5 Å². The normalized spacial score (nSPS) is 19.2. The van der Waals surface area contributed by atoms with Crippen molar-refractivity contribution < 1.29 is 20.1 Å². The quantitative estimate of drug-likeness (QED) is 0.190. The molecule has 0 saturated heterocycles. The molecule has 4 nitrogen and oxygen atoms in total. The van der Waals surface area contributed by atoms with Crippen LogP contribution in [0.15, 0.2) is 72.9 Å². The number of anilines is 5. The van der Waals surface area contributed by atoms with Crippen LogP contribution in [0.3, 0.4) is 0 Å². The molecule has 0 radical (unpaired) electrons. The number of nitrogens with zero attached hydrogens (tertiary/aromatic N) is 4. The van der Waals surface area contributed by atoms with E-state index in [2.05, 4.69) is 97.5 Å². The van der Waals surface area contributed by atoms with E-state index >= 15 is 0 Å². The van der Waals surface area contributed by atoms with Crippen molar-refractivity contribution in [3.05, 3.63) is 103 Å². The first-order valence-corrected chi connectivity index (χ1v) is 16.0. The van der Waals surface area contributed by atoms with Gasteiger partial charge in [0.25, 0.3) is 0 Å². The molecule has 0 unspecified atom stereocenters. The molecule has 4 aromatic rings. The second kappa shape index (κ2) is 12.0. The van der Waals surface area contributed by atoms with Crippen molar-refractivity contribution >= 4 is 28.4 Å². The molecule has 1 aromatic heterocycles. The molecule has 2 aliphatic heterocycles. The van der Waals surface area contributed by atoms with Gasteiger partial charge in [-0.1, -0.05) is 82.7 Å². The number of pyridine rings is 1. The molecule has 3 aromatic carbocycles. The molecule has 0 bridgehead atoms. The second-order valence-electron chi connectivity index (χ2n) is 13.9. The Morgan fingerprint density at radius 3 is 2.32 bits per heavy atom. The number of para-hydroxylation sites is 1. The van der Waals surface area contributed by atoms with E-state index in [-0.39, 0.29) is 30.9 Å². The fraction of sp³-hybridized carbons (Fsp3) is 0.385. The van der Waals surface area contributed by atoms with E-state index in [0.29, 0.717) is 6.04 Å². The average Bonchev–Trinajstić information content (AvgIpc) is 3.44. The molecule has 228 valence electrons. The van der Waals surface area contributed by atoms with Gasteiger partial charge >= 0.3 is 20.1 Å². The molecule has 2 aliphatic carbocycles. The molecular formula is C39H43IrN4. The maximum Gasteiger partial charge on any atom is 3.00 e. The van der Waals surface area contributed by atoms with Gasteiger partial charge < -0.3 is 19.7 Å². The SMILES string of the molecule is CN1c2cc3c([c-]c2N2[CH-]N(C4CCCCC4)c4cccc1c42)C(C)(C)CCC3(C)C.[Ir+3].[c-]1ccccc1-c1ccccn1. The Morgan fingerprint density at radius 1 is 0.841 bits per heavy atom. The molecule has 4 aliphatic rings. The summed E-state index contributed by atoms with van der Waals surface area (Å²) in [7, 11) is 2.23. The van der Waals surface area contributed by atoms with E-state index in [1.165, 1.54) is 84.5 Å². The molecule has 5 heteroatoms. The standard InChI is InChI=1S/C28H35N3.C11H8N.Ir/c1-27(2)14-15-28(3,4)21-17-25-24(16-20(21)27)29(5)22-12-9-13-23-26(22)31(25)18-30(23)19-10-7-6-8-11-19;1-2-6-10(7-3-1)11-8-4-5-9-12-11;/h9,12-13,16,18-19H,6-8,10-11,14-15H2,1-5H3;1-6,8-9H;/q-2;-1;+3. The molecule has 0 atom stereocenters. The topological polar surface area (TPSA) is 22.6 Å². The zero-order valence-electron chi connectivity index (χ0n) is 26.7. The van der Waals surface area contributed by atoms with Crippen LogP contribution in [0.25, 0.3) is 11.3 Å². The Balaban J connectivity index is 0.000000222. The van der Waals surface area contributed by atoms with Gasteiger partial charge in [0.2, 0.25) is 0 Å². The smallest absolute Gasteiger partial charge is 0.499 e. The van der Waals surface area contributed by atoms with Gasteiger partial charge in [0.05, 0.1) is 11.4 Å². The van der Waals surface area contributed by atoms with Crippen LogP contribution in [0.1, 0.15) is 83.8 Å². The van der Waals surface area contributed by atoms with Crippen LogP contribution in [-0.4, -0.2) is 18.1 Å². The van der Waals surface area contributed by atoms with Gasteiger partial charge in [0.1, 0.15) is 0 Å². The minimum Gasteiger partial charge on any atom is -0.499 e. The van der Waals surface area contributed by atoms with Crippen LogP contribution in [0.5, 0.6) is 0 Å². The summed E-state index contributed by atoms with van der Waals surface area (Å²) in [5.74, 6) is 0. The first-order chi connectivity index (χ1) is 20.7. The van der Waals surface area contributed by atoms with Crippen molar-refractivity contribution in [3.8, 4) is 11.3 Å². The van der Waals surface area contributed by atoms with Gasteiger partial charge in [-0.3, -0.25) is 0 Å². The summed E-state index contributed by atoms with van der Waals surface area (Å²) in [6.07, 6.45) is 10.9. The van der Waals surface area contributed by atoms with E-state index in [1.54, 1.807) is 6.20 Å². The summed E-state index contributed by atoms with van der Waals surface area (Å²) < 4.78 is 0. The number of hydrogen-bond donors (Lipinski definition) is 0. The maximum absolute atomic E-state index is 4.22. The molecule has 8 rings (SSSR count). The number of benzene rings is 3. The Bertz CT molecular complexity index is 1570. The molecule has 0 spiro atoms. The van der Waals surface area contributed by atoms with Crippen molar-refractivity contribution in [2.24, 2.45) is 0 Å². The molecular weight excluding hydrogens is 717 g/mol. The van der Waals surface area contributed by atoms with Gasteiger partial charge in [-0.25, -0.2) is 0 Å². The van der Waals surface area contributed by atoms with Crippen LogP contribution >= 0.6 is 0 Å².